The molecule has 2 fully saturated rings. The number of aromatic nitrogens is 1. The Balaban J connectivity index is 1.95. The van der Waals surface area contributed by atoms with Crippen LogP contribution in [0.2, 0.25) is 10.0 Å². The van der Waals surface area contributed by atoms with Gasteiger partial charge < -0.3 is 14.7 Å². The molecule has 2 aliphatic rings. The Morgan fingerprint density at radius 2 is 1.93 bits per heavy atom. The van der Waals surface area contributed by atoms with Gasteiger partial charge in [0.25, 0.3) is 11.7 Å². The summed E-state index contributed by atoms with van der Waals surface area (Å²) < 4.78 is 5.33. The summed E-state index contributed by atoms with van der Waals surface area (Å²) in [6, 6.07) is 7.35. The number of ketones is 1. The second kappa shape index (κ2) is 8.28. The highest BCUT2D eigenvalue weighted by Crippen LogP contribution is 2.45. The SMILES string of the molecule is COc1c(Cl)cc(Cl)cc1/C(O)=C1\C(=O)C(=O)N(C2CCCC2)C1c1ccccn1. The van der Waals surface area contributed by atoms with Crippen molar-refractivity contribution >= 4 is 40.7 Å². The molecule has 1 saturated heterocycles. The summed E-state index contributed by atoms with van der Waals surface area (Å²) in [5.74, 6) is -1.60. The molecule has 1 aromatic carbocycles. The van der Waals surface area contributed by atoms with E-state index < -0.39 is 17.7 Å². The van der Waals surface area contributed by atoms with E-state index in [4.69, 9.17) is 27.9 Å². The number of amides is 1. The van der Waals surface area contributed by atoms with Gasteiger partial charge in [-0.25, -0.2) is 0 Å². The molecule has 1 N–H and O–H groups in total. The lowest BCUT2D eigenvalue weighted by molar-refractivity contribution is -0.141. The zero-order valence-electron chi connectivity index (χ0n) is 16.3. The van der Waals surface area contributed by atoms with Crippen LogP contribution in [-0.4, -0.2) is 39.8 Å². The largest absolute Gasteiger partial charge is 0.507 e. The summed E-state index contributed by atoms with van der Waals surface area (Å²) in [6.45, 7) is 0. The number of rotatable bonds is 4. The van der Waals surface area contributed by atoms with E-state index in [-0.39, 0.29) is 38.7 Å². The van der Waals surface area contributed by atoms with Gasteiger partial charge >= 0.3 is 0 Å². The lowest BCUT2D eigenvalue weighted by Gasteiger charge is -2.30. The molecule has 6 nitrogen and oxygen atoms in total. The lowest BCUT2D eigenvalue weighted by Crippen LogP contribution is -2.37. The molecule has 0 radical (unpaired) electrons. The highest BCUT2D eigenvalue weighted by molar-refractivity contribution is 6.47. The Kier molecular flexibility index (Phi) is 5.71. The number of hydrogen-bond acceptors (Lipinski definition) is 5. The smallest absolute Gasteiger partial charge is 0.295 e. The summed E-state index contributed by atoms with van der Waals surface area (Å²) in [7, 11) is 1.40. The maximum Gasteiger partial charge on any atom is 0.295 e. The Labute approximate surface area is 184 Å². The predicted molar refractivity (Wildman–Crippen MR) is 114 cm³/mol. The van der Waals surface area contributed by atoms with Gasteiger partial charge in [-0.15, -0.1) is 0 Å². The fourth-order valence-electron chi connectivity index (χ4n) is 4.33. The van der Waals surface area contributed by atoms with Crippen molar-refractivity contribution in [2.45, 2.75) is 37.8 Å². The minimum atomic E-state index is -0.795. The third-order valence-electron chi connectivity index (χ3n) is 5.63. The van der Waals surface area contributed by atoms with Crippen LogP contribution in [0.4, 0.5) is 0 Å². The average molecular weight is 447 g/mol. The van der Waals surface area contributed by atoms with Crippen LogP contribution < -0.4 is 4.74 Å². The van der Waals surface area contributed by atoms with Crippen LogP contribution in [0.25, 0.3) is 5.76 Å². The number of pyridine rings is 1. The molecule has 0 bridgehead atoms. The first-order chi connectivity index (χ1) is 14.4. The molecule has 2 heterocycles. The summed E-state index contributed by atoms with van der Waals surface area (Å²) in [4.78, 5) is 32.1. The normalized spacial score (nSPS) is 21.4. The first kappa shape index (κ1) is 20.7. The first-order valence-corrected chi connectivity index (χ1v) is 10.4. The average Bonchev–Trinajstić information content (AvgIpc) is 3.35. The van der Waals surface area contributed by atoms with E-state index in [0.29, 0.717) is 5.69 Å². The topological polar surface area (TPSA) is 79.7 Å². The maximum atomic E-state index is 13.1. The molecule has 1 atom stereocenters. The number of aliphatic hydroxyl groups is 1. The summed E-state index contributed by atoms with van der Waals surface area (Å²) >= 11 is 12.4. The Bertz CT molecular complexity index is 1030. The Morgan fingerprint density at radius 3 is 2.57 bits per heavy atom. The minimum Gasteiger partial charge on any atom is -0.507 e. The number of likely N-dealkylation sites (tertiary alicyclic amines) is 1. The van der Waals surface area contributed by atoms with Crippen LogP contribution in [0.15, 0.2) is 42.1 Å². The molecule has 30 heavy (non-hydrogen) atoms. The molecule has 1 aromatic heterocycles. The second-order valence-electron chi connectivity index (χ2n) is 7.37. The number of benzene rings is 1. The van der Waals surface area contributed by atoms with Crippen LogP contribution in [0.3, 0.4) is 0 Å². The molecule has 1 unspecified atom stereocenters. The summed E-state index contributed by atoms with van der Waals surface area (Å²) in [5.41, 5.74) is 0.625. The third kappa shape index (κ3) is 3.44. The molecule has 156 valence electrons. The van der Waals surface area contributed by atoms with Gasteiger partial charge in [-0.1, -0.05) is 42.1 Å². The Hall–Kier alpha value is -2.57. The van der Waals surface area contributed by atoms with Crippen molar-refractivity contribution in [3.05, 3.63) is 63.4 Å². The lowest BCUT2D eigenvalue weighted by atomic mass is 9.97. The number of nitrogens with zero attached hydrogens (tertiary/aromatic N) is 2. The van der Waals surface area contributed by atoms with E-state index in [1.54, 1.807) is 29.3 Å². The van der Waals surface area contributed by atoms with Crippen molar-refractivity contribution in [2.24, 2.45) is 0 Å². The van der Waals surface area contributed by atoms with Crippen molar-refractivity contribution in [3.8, 4) is 5.75 Å². The standard InChI is InChI=1S/C22H20Cl2N2O4/c1-30-21-14(10-12(23)11-15(21)24)19(27)17-18(16-8-4-5-9-25-16)26(22(29)20(17)28)13-6-2-3-7-13/h4-5,8-11,13,18,27H,2-3,6-7H2,1H3/b19-17+. The van der Waals surface area contributed by atoms with Crippen molar-refractivity contribution in [1.29, 1.82) is 0 Å². The number of halogens is 2. The predicted octanol–water partition coefficient (Wildman–Crippen LogP) is 4.76. The van der Waals surface area contributed by atoms with Crippen LogP contribution in [-0.2, 0) is 9.59 Å². The number of ether oxygens (including phenoxy) is 1. The van der Waals surface area contributed by atoms with Crippen LogP contribution in [0, 0.1) is 0 Å². The van der Waals surface area contributed by atoms with Gasteiger partial charge in [0.1, 0.15) is 17.6 Å². The summed E-state index contributed by atoms with van der Waals surface area (Å²) in [6.07, 6.45) is 5.19. The zero-order valence-corrected chi connectivity index (χ0v) is 17.8. The molecule has 4 rings (SSSR count). The minimum absolute atomic E-state index is 0.0396. The van der Waals surface area contributed by atoms with Gasteiger partial charge in [0, 0.05) is 17.3 Å². The summed E-state index contributed by atoms with van der Waals surface area (Å²) in [5, 5.41) is 11.7. The van der Waals surface area contributed by atoms with E-state index in [1.165, 1.54) is 19.2 Å². The van der Waals surface area contributed by atoms with Crippen LogP contribution in [0.5, 0.6) is 5.75 Å². The van der Waals surface area contributed by atoms with Gasteiger partial charge in [0.15, 0.2) is 0 Å². The van der Waals surface area contributed by atoms with Crippen molar-refractivity contribution in [2.75, 3.05) is 7.11 Å². The van der Waals surface area contributed by atoms with E-state index in [0.717, 1.165) is 25.7 Å². The van der Waals surface area contributed by atoms with Gasteiger partial charge in [0.05, 0.1) is 29.0 Å². The number of methoxy groups -OCH3 is 1. The molecule has 1 saturated carbocycles. The van der Waals surface area contributed by atoms with Gasteiger partial charge in [-0.05, 0) is 37.1 Å². The second-order valence-corrected chi connectivity index (χ2v) is 8.21. The van der Waals surface area contributed by atoms with Crippen molar-refractivity contribution in [3.63, 3.8) is 0 Å². The van der Waals surface area contributed by atoms with E-state index in [1.807, 2.05) is 0 Å². The monoisotopic (exact) mass is 446 g/mol. The quantitative estimate of drug-likeness (QED) is 0.415. The zero-order chi connectivity index (χ0) is 21.4. The number of Topliss-reactive ketones (excluding diaryl/α,β-unsaturated/α-hetero) is 1. The van der Waals surface area contributed by atoms with E-state index in [2.05, 4.69) is 4.98 Å². The molecule has 1 aliphatic heterocycles. The van der Waals surface area contributed by atoms with Gasteiger partial charge in [0.2, 0.25) is 0 Å². The molecular weight excluding hydrogens is 427 g/mol. The molecular formula is C22H20Cl2N2O4. The highest BCUT2D eigenvalue weighted by atomic mass is 35.5. The molecule has 1 amide bonds. The number of carbonyl (C=O) groups is 2. The molecule has 2 aromatic rings. The third-order valence-corrected chi connectivity index (χ3v) is 6.13. The number of hydrogen-bond donors (Lipinski definition) is 1. The maximum absolute atomic E-state index is 13.1. The van der Waals surface area contributed by atoms with E-state index >= 15 is 0 Å². The highest BCUT2D eigenvalue weighted by Gasteiger charge is 2.50. The molecule has 8 heteroatoms. The van der Waals surface area contributed by atoms with E-state index in [9.17, 15) is 14.7 Å². The van der Waals surface area contributed by atoms with Crippen LogP contribution >= 0.6 is 23.2 Å². The van der Waals surface area contributed by atoms with Gasteiger partial charge in [-0.2, -0.15) is 0 Å². The molecule has 0 spiro atoms. The molecule has 1 aliphatic carbocycles. The fraction of sp³-hybridized carbons (Fsp3) is 0.318. The number of aliphatic hydroxyl groups excluding tert-OH is 1. The van der Waals surface area contributed by atoms with Crippen molar-refractivity contribution < 1.29 is 19.4 Å². The van der Waals surface area contributed by atoms with Crippen LogP contribution in [0.1, 0.15) is 43.0 Å². The van der Waals surface area contributed by atoms with Crippen molar-refractivity contribution in [1.82, 2.24) is 9.88 Å². The Morgan fingerprint density at radius 1 is 1.20 bits per heavy atom. The fourth-order valence-corrected chi connectivity index (χ4v) is 4.90. The first-order valence-electron chi connectivity index (χ1n) is 9.68. The number of carbonyl (C=O) groups excluding carboxylic acids is 2. The van der Waals surface area contributed by atoms with Gasteiger partial charge in [-0.3, -0.25) is 14.6 Å².